The van der Waals surface area contributed by atoms with Crippen LogP contribution in [-0.4, -0.2) is 46.5 Å². The number of hydrogen-bond acceptors (Lipinski definition) is 4. The highest BCUT2D eigenvalue weighted by Gasteiger charge is 2.62. The number of allylic oxidation sites excluding steroid dienone is 4. The van der Waals surface area contributed by atoms with E-state index < -0.39 is 0 Å². The molecule has 7 aliphatic rings. The molecule has 436 valence electrons. The van der Waals surface area contributed by atoms with E-state index >= 15 is 0 Å². The maximum absolute atomic E-state index is 13.8. The molecule has 2 heterocycles. The molecule has 12 unspecified atom stereocenters. The summed E-state index contributed by atoms with van der Waals surface area (Å²) in [6, 6.07) is 17.3. The Hall–Kier alpha value is -4.32. The number of amides is 4. The van der Waals surface area contributed by atoms with E-state index in [4.69, 9.17) is 0 Å². The molecule has 4 amide bonds. The first-order chi connectivity index (χ1) is 39.2. The van der Waals surface area contributed by atoms with Gasteiger partial charge >= 0.3 is 0 Å². The van der Waals surface area contributed by atoms with Crippen LogP contribution in [-0.2, 0) is 32.0 Å². The van der Waals surface area contributed by atoms with E-state index in [1.165, 1.54) is 176 Å². The lowest BCUT2D eigenvalue weighted by atomic mass is 9.62. The fraction of sp³-hybridized carbons (Fsp3) is 0.676. The van der Waals surface area contributed by atoms with Gasteiger partial charge in [-0.15, -0.1) is 0 Å². The number of carbonyl (C=O) groups is 4. The lowest BCUT2D eigenvalue weighted by molar-refractivity contribution is -0.142. The zero-order chi connectivity index (χ0) is 55.8. The summed E-state index contributed by atoms with van der Waals surface area (Å²) >= 11 is 0. The Kier molecular flexibility index (Phi) is 22.8. The second kappa shape index (κ2) is 30.3. The van der Waals surface area contributed by atoms with Crippen molar-refractivity contribution in [2.45, 2.75) is 232 Å². The minimum Gasteiger partial charge on any atom is -0.282 e. The Bertz CT molecular complexity index is 2410. The van der Waals surface area contributed by atoms with Crippen LogP contribution in [0.15, 0.2) is 85.0 Å². The van der Waals surface area contributed by atoms with Crippen molar-refractivity contribution < 1.29 is 19.2 Å². The lowest BCUT2D eigenvalue weighted by Crippen LogP contribution is -2.34. The summed E-state index contributed by atoms with van der Waals surface area (Å²) in [5.41, 5.74) is 7.74. The summed E-state index contributed by atoms with van der Waals surface area (Å²) in [4.78, 5) is 58.3. The van der Waals surface area contributed by atoms with Crippen molar-refractivity contribution in [3.05, 3.63) is 107 Å². The maximum atomic E-state index is 13.8. The highest BCUT2D eigenvalue weighted by molar-refractivity contribution is 6.07. The predicted octanol–water partition coefficient (Wildman–Crippen LogP) is 18.3. The highest BCUT2D eigenvalue weighted by Crippen LogP contribution is 2.58. The molecule has 6 heteroatoms. The van der Waals surface area contributed by atoms with Gasteiger partial charge in [-0.25, -0.2) is 0 Å². The van der Waals surface area contributed by atoms with E-state index in [1.807, 2.05) is 12.2 Å². The van der Waals surface area contributed by atoms with Gasteiger partial charge in [0.1, 0.15) is 0 Å². The molecule has 6 nitrogen and oxygen atoms in total. The Morgan fingerprint density at radius 3 is 1.20 bits per heavy atom. The molecule has 2 aromatic carbocycles. The second-order valence-corrected chi connectivity index (χ2v) is 26.9. The third-order valence-electron chi connectivity index (χ3n) is 21.7. The van der Waals surface area contributed by atoms with Gasteiger partial charge < -0.3 is 0 Å². The van der Waals surface area contributed by atoms with Crippen molar-refractivity contribution in [1.29, 1.82) is 0 Å². The monoisotopic (exact) mass is 1090 g/mol. The minimum absolute atomic E-state index is 0.110. The van der Waals surface area contributed by atoms with E-state index in [2.05, 4.69) is 87.7 Å². The number of likely N-dealkylation sites (tertiary alicyclic amines) is 2. The molecule has 0 aromatic heterocycles. The quantitative estimate of drug-likeness (QED) is 0.0381. The molecule has 0 radical (unpaired) electrons. The summed E-state index contributed by atoms with van der Waals surface area (Å²) in [5, 5.41) is 0. The average Bonchev–Trinajstić information content (AvgIpc) is 4.54. The topological polar surface area (TPSA) is 74.8 Å². The van der Waals surface area contributed by atoms with Crippen LogP contribution in [0.25, 0.3) is 12.2 Å². The van der Waals surface area contributed by atoms with Crippen molar-refractivity contribution in [2.24, 2.45) is 71.0 Å². The van der Waals surface area contributed by atoms with Crippen LogP contribution in [0.2, 0.25) is 0 Å². The molecule has 0 N–H and O–H groups in total. The summed E-state index contributed by atoms with van der Waals surface area (Å²) in [7, 11) is 0. The second-order valence-electron chi connectivity index (χ2n) is 26.9. The third kappa shape index (κ3) is 14.9. The predicted molar refractivity (Wildman–Crippen MR) is 331 cm³/mol. The number of carbonyl (C=O) groups excluding carboxylic acids is 4. The number of imide groups is 2. The molecular formula is C74H106N2O4. The molecule has 2 aromatic rings. The lowest BCUT2D eigenvalue weighted by Gasteiger charge is -2.43. The number of benzene rings is 2. The highest BCUT2D eigenvalue weighted by atomic mass is 16.2. The molecule has 2 saturated heterocycles. The van der Waals surface area contributed by atoms with Crippen LogP contribution < -0.4 is 0 Å². The smallest absolute Gasteiger partial charge is 0.233 e. The van der Waals surface area contributed by atoms with Gasteiger partial charge in [0.2, 0.25) is 23.6 Å². The number of nitrogens with zero attached hydrogens (tertiary/aromatic N) is 2. The van der Waals surface area contributed by atoms with E-state index in [9.17, 15) is 19.2 Å². The minimum atomic E-state index is -0.118. The third-order valence-corrected chi connectivity index (χ3v) is 21.7. The molecule has 9 rings (SSSR count). The largest absolute Gasteiger partial charge is 0.282 e. The molecule has 2 aliphatic heterocycles. The standard InChI is InChI=1S/C74H106N2O4/c1-5-9-11-13-20-26-32-64-58(30-24-12-10-6-2)47-57(29-23-18-14-16-21-27-45-75-71(77)67-62-49-60(65(51-62)69(67)73(75)79)43-41-55-37-33-53(7-3)34-38-55)48-59(64)31-25-19-15-17-22-28-46-76-72(78)68-63-50-61(66(52-63)70(68)74(76)80)44-42-56-39-35-54(8-4)36-40-56/h7-8,33-40,49-50,57-59,62-70H,3-6,9-32,41-48,51-52H2,1-2H3. The van der Waals surface area contributed by atoms with Crippen LogP contribution in [0.5, 0.6) is 0 Å². The van der Waals surface area contributed by atoms with E-state index in [1.54, 1.807) is 9.80 Å². The van der Waals surface area contributed by atoms with Crippen LogP contribution in [0.1, 0.15) is 242 Å². The first-order valence-electron chi connectivity index (χ1n) is 33.8. The molecule has 12 atom stereocenters. The zero-order valence-electron chi connectivity index (χ0n) is 50.3. The first kappa shape index (κ1) is 60.3. The summed E-state index contributed by atoms with van der Waals surface area (Å²) in [6.07, 6.45) is 51.1. The van der Waals surface area contributed by atoms with Crippen LogP contribution in [0.4, 0.5) is 0 Å². The summed E-state index contributed by atoms with van der Waals surface area (Å²) < 4.78 is 0. The number of hydrogen-bond donors (Lipinski definition) is 0. The van der Waals surface area contributed by atoms with Gasteiger partial charge in [0, 0.05) is 13.1 Å². The number of aryl methyl sites for hydroxylation is 2. The molecule has 80 heavy (non-hydrogen) atoms. The molecule has 5 fully saturated rings. The van der Waals surface area contributed by atoms with Crippen molar-refractivity contribution in [3.8, 4) is 0 Å². The van der Waals surface area contributed by atoms with Crippen molar-refractivity contribution >= 4 is 35.8 Å². The van der Waals surface area contributed by atoms with Crippen LogP contribution >= 0.6 is 0 Å². The van der Waals surface area contributed by atoms with Gasteiger partial charge in [0.25, 0.3) is 0 Å². The van der Waals surface area contributed by atoms with Crippen LogP contribution in [0.3, 0.4) is 0 Å². The van der Waals surface area contributed by atoms with Gasteiger partial charge in [-0.1, -0.05) is 259 Å². The van der Waals surface area contributed by atoms with E-state index in [-0.39, 0.29) is 71.0 Å². The molecule has 3 saturated carbocycles. The van der Waals surface area contributed by atoms with Gasteiger partial charge in [-0.05, 0) is 140 Å². The zero-order valence-corrected chi connectivity index (χ0v) is 50.3. The molecule has 5 aliphatic carbocycles. The van der Waals surface area contributed by atoms with Gasteiger partial charge in [-0.2, -0.15) is 0 Å². The molecule has 4 bridgehead atoms. The van der Waals surface area contributed by atoms with Gasteiger partial charge in [-0.3, -0.25) is 29.0 Å². The Labute approximate surface area is 485 Å². The maximum Gasteiger partial charge on any atom is 0.233 e. The fourth-order valence-corrected chi connectivity index (χ4v) is 17.4. The Balaban J connectivity index is 0.677. The Morgan fingerprint density at radius 2 is 0.775 bits per heavy atom. The van der Waals surface area contributed by atoms with Gasteiger partial charge in [0.15, 0.2) is 0 Å². The van der Waals surface area contributed by atoms with E-state index in [0.717, 1.165) is 99.0 Å². The van der Waals surface area contributed by atoms with Crippen molar-refractivity contribution in [1.82, 2.24) is 9.80 Å². The molecular weight excluding hydrogens is 981 g/mol. The Morgan fingerprint density at radius 1 is 0.412 bits per heavy atom. The summed E-state index contributed by atoms with van der Waals surface area (Å²) in [5.74, 6) is 4.56. The van der Waals surface area contributed by atoms with Crippen molar-refractivity contribution in [3.63, 3.8) is 0 Å². The average molecular weight is 1090 g/mol. The SMILES string of the molecule is C=Cc1ccc(CCC2=CC3CC2C2C(=O)N(CCCCCCCCC4CC(CCCCCC)C(CCCCCCCC)C(CCCCCCCCN5C(=O)C6C7C=C(CCc8ccc(C=C)cc8)C(C7)C6C5=O)C4)C(=O)C32)cc1. The molecule has 0 spiro atoms. The fourth-order valence-electron chi connectivity index (χ4n) is 17.4. The van der Waals surface area contributed by atoms with Crippen molar-refractivity contribution in [2.75, 3.05) is 13.1 Å². The van der Waals surface area contributed by atoms with E-state index in [0.29, 0.717) is 13.1 Å². The first-order valence-corrected chi connectivity index (χ1v) is 33.8. The normalized spacial score (nSPS) is 28.3. The van der Waals surface area contributed by atoms with Gasteiger partial charge in [0.05, 0.1) is 23.7 Å². The summed E-state index contributed by atoms with van der Waals surface area (Å²) in [6.45, 7) is 13.6. The number of rotatable bonds is 38. The number of fused-ring (bicyclic) bond motifs is 10. The van der Waals surface area contributed by atoms with Crippen LogP contribution in [0, 0.1) is 71.0 Å². The number of unbranched alkanes of at least 4 members (excludes halogenated alkanes) is 18.